The van der Waals surface area contributed by atoms with Gasteiger partial charge in [-0.25, -0.2) is 0 Å². The second kappa shape index (κ2) is 8.96. The standard InChI is InChI=1S/C22H36N4O/c1-5-24-12-14-25(15-13-24)20-6-7-21(18(3)16-20)23-19(4)22(27)26-10-8-17(2)9-11-26/h6-7,16-17,19,23H,5,8-15H2,1-4H3/t19-/m1/s1. The third-order valence-electron chi connectivity index (χ3n) is 6.23. The number of likely N-dealkylation sites (tertiary alicyclic amines) is 1. The second-order valence-electron chi connectivity index (χ2n) is 8.29. The van der Waals surface area contributed by atoms with Crippen molar-refractivity contribution in [3.05, 3.63) is 23.8 Å². The number of hydrogen-bond donors (Lipinski definition) is 1. The smallest absolute Gasteiger partial charge is 0.244 e. The van der Waals surface area contributed by atoms with Crippen LogP contribution in [0.5, 0.6) is 0 Å². The van der Waals surface area contributed by atoms with Crippen LogP contribution in [0.25, 0.3) is 0 Å². The number of carbonyl (C=O) groups excluding carboxylic acids is 1. The highest BCUT2D eigenvalue weighted by atomic mass is 16.2. The van der Waals surface area contributed by atoms with Gasteiger partial charge in [0, 0.05) is 50.6 Å². The highest BCUT2D eigenvalue weighted by Gasteiger charge is 2.24. The van der Waals surface area contributed by atoms with Gasteiger partial charge in [0.1, 0.15) is 6.04 Å². The minimum absolute atomic E-state index is 0.184. The van der Waals surface area contributed by atoms with Crippen molar-refractivity contribution in [2.24, 2.45) is 5.92 Å². The SMILES string of the molecule is CCN1CCN(c2ccc(N[C@H](C)C(=O)N3CCC(C)CC3)c(C)c2)CC1. The van der Waals surface area contributed by atoms with E-state index in [9.17, 15) is 4.79 Å². The number of anilines is 2. The molecule has 0 unspecified atom stereocenters. The van der Waals surface area contributed by atoms with Crippen LogP contribution in [0.2, 0.25) is 0 Å². The average Bonchev–Trinajstić information content (AvgIpc) is 2.69. The molecule has 0 bridgehead atoms. The highest BCUT2D eigenvalue weighted by molar-refractivity contribution is 5.84. The Bertz CT molecular complexity index is 631. The largest absolute Gasteiger partial charge is 0.374 e. The molecule has 2 heterocycles. The Labute approximate surface area is 164 Å². The maximum Gasteiger partial charge on any atom is 0.244 e. The van der Waals surface area contributed by atoms with Crippen molar-refractivity contribution in [1.82, 2.24) is 9.80 Å². The zero-order chi connectivity index (χ0) is 19.4. The number of rotatable bonds is 5. The van der Waals surface area contributed by atoms with E-state index in [-0.39, 0.29) is 11.9 Å². The Hall–Kier alpha value is -1.75. The first kappa shape index (κ1) is 20.0. The number of carbonyl (C=O) groups is 1. The Kier molecular flexibility index (Phi) is 6.64. The lowest BCUT2D eigenvalue weighted by molar-refractivity contribution is -0.132. The lowest BCUT2D eigenvalue weighted by Crippen LogP contribution is -2.46. The van der Waals surface area contributed by atoms with E-state index in [1.165, 1.54) is 11.3 Å². The van der Waals surface area contributed by atoms with E-state index in [4.69, 9.17) is 0 Å². The third-order valence-corrected chi connectivity index (χ3v) is 6.23. The van der Waals surface area contributed by atoms with Gasteiger partial charge in [-0.05, 0) is 62.9 Å². The Morgan fingerprint density at radius 2 is 1.81 bits per heavy atom. The fourth-order valence-electron chi connectivity index (χ4n) is 4.13. The number of hydrogen-bond acceptors (Lipinski definition) is 4. The number of nitrogens with one attached hydrogen (secondary N) is 1. The van der Waals surface area contributed by atoms with Crippen LogP contribution in [0.1, 0.15) is 39.2 Å². The minimum Gasteiger partial charge on any atom is -0.374 e. The lowest BCUT2D eigenvalue weighted by atomic mass is 9.99. The fraction of sp³-hybridized carbons (Fsp3) is 0.682. The van der Waals surface area contributed by atoms with E-state index in [2.05, 4.69) is 54.1 Å². The van der Waals surface area contributed by atoms with Gasteiger partial charge in [-0.15, -0.1) is 0 Å². The van der Waals surface area contributed by atoms with E-state index >= 15 is 0 Å². The molecular weight excluding hydrogens is 336 g/mol. The van der Waals surface area contributed by atoms with E-state index in [1.807, 2.05) is 11.8 Å². The number of amides is 1. The Balaban J connectivity index is 1.58. The molecule has 5 heteroatoms. The van der Waals surface area contributed by atoms with Crippen molar-refractivity contribution in [1.29, 1.82) is 0 Å². The Morgan fingerprint density at radius 1 is 1.15 bits per heavy atom. The minimum atomic E-state index is -0.184. The molecule has 1 aromatic rings. The molecular formula is C22H36N4O. The molecule has 0 saturated carbocycles. The molecule has 1 N–H and O–H groups in total. The number of likely N-dealkylation sites (N-methyl/N-ethyl adjacent to an activating group) is 1. The summed E-state index contributed by atoms with van der Waals surface area (Å²) < 4.78 is 0. The van der Waals surface area contributed by atoms with E-state index in [0.29, 0.717) is 0 Å². The van der Waals surface area contributed by atoms with E-state index in [0.717, 1.165) is 70.3 Å². The van der Waals surface area contributed by atoms with Gasteiger partial charge in [-0.2, -0.15) is 0 Å². The van der Waals surface area contributed by atoms with E-state index in [1.54, 1.807) is 0 Å². The van der Waals surface area contributed by atoms with E-state index < -0.39 is 0 Å². The van der Waals surface area contributed by atoms with Crippen molar-refractivity contribution in [2.45, 2.75) is 46.6 Å². The van der Waals surface area contributed by atoms with Crippen LogP contribution in [-0.4, -0.2) is 67.6 Å². The van der Waals surface area contributed by atoms with Gasteiger partial charge in [0.05, 0.1) is 0 Å². The first-order chi connectivity index (χ1) is 13.0. The fourth-order valence-corrected chi connectivity index (χ4v) is 4.13. The van der Waals surface area contributed by atoms with Crippen molar-refractivity contribution in [3.63, 3.8) is 0 Å². The maximum atomic E-state index is 12.7. The predicted molar refractivity (Wildman–Crippen MR) is 114 cm³/mol. The van der Waals surface area contributed by atoms with Crippen LogP contribution in [0.15, 0.2) is 18.2 Å². The molecule has 2 saturated heterocycles. The van der Waals surface area contributed by atoms with Crippen molar-refractivity contribution < 1.29 is 4.79 Å². The predicted octanol–water partition coefficient (Wildman–Crippen LogP) is 3.20. The molecule has 1 amide bonds. The van der Waals surface area contributed by atoms with Crippen molar-refractivity contribution >= 4 is 17.3 Å². The average molecular weight is 373 g/mol. The van der Waals surface area contributed by atoms with Crippen molar-refractivity contribution in [2.75, 3.05) is 56.0 Å². The number of benzene rings is 1. The van der Waals surface area contributed by atoms with Crippen LogP contribution < -0.4 is 10.2 Å². The number of aryl methyl sites for hydroxylation is 1. The number of piperidine rings is 1. The third kappa shape index (κ3) is 4.95. The molecule has 5 nitrogen and oxygen atoms in total. The zero-order valence-corrected chi connectivity index (χ0v) is 17.5. The normalized spacial score (nSPS) is 20.6. The molecule has 0 aromatic heterocycles. The summed E-state index contributed by atoms with van der Waals surface area (Å²) in [5, 5.41) is 3.45. The second-order valence-corrected chi connectivity index (χ2v) is 8.29. The molecule has 27 heavy (non-hydrogen) atoms. The first-order valence-electron chi connectivity index (χ1n) is 10.6. The molecule has 1 aromatic carbocycles. The summed E-state index contributed by atoms with van der Waals surface area (Å²) in [4.78, 5) is 19.7. The highest BCUT2D eigenvalue weighted by Crippen LogP contribution is 2.25. The van der Waals surface area contributed by atoms with Gasteiger partial charge >= 0.3 is 0 Å². The van der Waals surface area contributed by atoms with Gasteiger partial charge in [0.15, 0.2) is 0 Å². The molecule has 2 fully saturated rings. The molecule has 2 aliphatic rings. The number of piperazine rings is 1. The summed E-state index contributed by atoms with van der Waals surface area (Å²) in [5.74, 6) is 0.965. The molecule has 0 radical (unpaired) electrons. The quantitative estimate of drug-likeness (QED) is 0.862. The van der Waals surface area contributed by atoms with Crippen molar-refractivity contribution in [3.8, 4) is 0 Å². The topological polar surface area (TPSA) is 38.8 Å². The van der Waals surface area contributed by atoms with Crippen LogP contribution in [-0.2, 0) is 4.79 Å². The molecule has 150 valence electrons. The molecule has 0 aliphatic carbocycles. The summed E-state index contributed by atoms with van der Waals surface area (Å²) in [5.41, 5.74) is 3.56. The summed E-state index contributed by atoms with van der Waals surface area (Å²) in [6.07, 6.45) is 2.24. The molecule has 2 aliphatic heterocycles. The van der Waals surface area contributed by atoms with Gasteiger partial charge in [0.25, 0.3) is 0 Å². The van der Waals surface area contributed by atoms with Crippen LogP contribution in [0.4, 0.5) is 11.4 Å². The van der Waals surface area contributed by atoms with Gasteiger partial charge < -0.3 is 20.0 Å². The maximum absolute atomic E-state index is 12.7. The monoisotopic (exact) mass is 372 g/mol. The summed E-state index contributed by atoms with van der Waals surface area (Å²) in [6, 6.07) is 6.40. The van der Waals surface area contributed by atoms with Gasteiger partial charge in [-0.1, -0.05) is 13.8 Å². The lowest BCUT2D eigenvalue weighted by Gasteiger charge is -2.36. The summed E-state index contributed by atoms with van der Waals surface area (Å²) in [7, 11) is 0. The van der Waals surface area contributed by atoms with Gasteiger partial charge in [0.2, 0.25) is 5.91 Å². The molecule has 0 spiro atoms. The summed E-state index contributed by atoms with van der Waals surface area (Å²) in [6.45, 7) is 16.0. The van der Waals surface area contributed by atoms with Crippen LogP contribution in [0, 0.1) is 12.8 Å². The first-order valence-corrected chi connectivity index (χ1v) is 10.6. The summed E-state index contributed by atoms with van der Waals surface area (Å²) >= 11 is 0. The molecule has 3 rings (SSSR count). The van der Waals surface area contributed by atoms with Gasteiger partial charge in [-0.3, -0.25) is 4.79 Å². The zero-order valence-electron chi connectivity index (χ0n) is 17.5. The number of nitrogens with zero attached hydrogens (tertiary/aromatic N) is 3. The molecule has 1 atom stereocenters. The Morgan fingerprint density at radius 3 is 2.41 bits per heavy atom. The van der Waals surface area contributed by atoms with Crippen LogP contribution in [0.3, 0.4) is 0 Å². The van der Waals surface area contributed by atoms with Crippen LogP contribution >= 0.6 is 0 Å².